The summed E-state index contributed by atoms with van der Waals surface area (Å²) in [4.78, 5) is 9.07. The van der Waals surface area contributed by atoms with Crippen LogP contribution < -0.4 is 10.5 Å². The third kappa shape index (κ3) is 2.95. The number of rotatable bonds is 3. The fraction of sp³-hybridized carbons (Fsp3) is 0.375. The highest BCUT2D eigenvalue weighted by Gasteiger charge is 2.20. The summed E-state index contributed by atoms with van der Waals surface area (Å²) in [7, 11) is 1.61. The van der Waals surface area contributed by atoms with Crippen LogP contribution in [0.1, 0.15) is 37.3 Å². The molecule has 110 valence electrons. The summed E-state index contributed by atoms with van der Waals surface area (Å²) in [5.74, 6) is 2.25. The zero-order valence-electron chi connectivity index (χ0n) is 12.0. The lowest BCUT2D eigenvalue weighted by Gasteiger charge is -2.13. The van der Waals surface area contributed by atoms with Crippen LogP contribution in [0, 0.1) is 0 Å². The van der Waals surface area contributed by atoms with Gasteiger partial charge >= 0.3 is 0 Å². The Morgan fingerprint density at radius 1 is 1.19 bits per heavy atom. The van der Waals surface area contributed by atoms with Gasteiger partial charge in [0.25, 0.3) is 0 Å². The van der Waals surface area contributed by atoms with E-state index >= 15 is 0 Å². The molecular weight excluding hydrogens is 286 g/mol. The lowest BCUT2D eigenvalue weighted by atomic mass is 10.0. The van der Waals surface area contributed by atoms with Crippen LogP contribution in [0.25, 0.3) is 11.4 Å². The molecule has 1 aromatic carbocycles. The quantitative estimate of drug-likeness (QED) is 0.929. The number of methoxy groups -OCH3 is 1. The molecule has 0 amide bonds. The van der Waals surface area contributed by atoms with E-state index in [0.717, 1.165) is 11.3 Å². The van der Waals surface area contributed by atoms with Crippen molar-refractivity contribution in [2.24, 2.45) is 0 Å². The Morgan fingerprint density at radius 2 is 1.95 bits per heavy atom. The van der Waals surface area contributed by atoms with Crippen molar-refractivity contribution in [1.29, 1.82) is 0 Å². The topological polar surface area (TPSA) is 61.0 Å². The van der Waals surface area contributed by atoms with Crippen molar-refractivity contribution in [1.82, 2.24) is 9.97 Å². The van der Waals surface area contributed by atoms with Crippen molar-refractivity contribution in [2.75, 3.05) is 12.8 Å². The summed E-state index contributed by atoms with van der Waals surface area (Å²) in [6.45, 7) is 0. The highest BCUT2D eigenvalue weighted by atomic mass is 35.5. The molecule has 1 aromatic heterocycles. The average Bonchev–Trinajstić information content (AvgIpc) is 3.00. The van der Waals surface area contributed by atoms with E-state index in [4.69, 9.17) is 27.1 Å². The van der Waals surface area contributed by atoms with E-state index in [9.17, 15) is 0 Å². The minimum Gasteiger partial charge on any atom is -0.496 e. The van der Waals surface area contributed by atoms with Crippen LogP contribution in [-0.2, 0) is 0 Å². The molecule has 0 unspecified atom stereocenters. The van der Waals surface area contributed by atoms with E-state index in [2.05, 4.69) is 4.98 Å². The summed E-state index contributed by atoms with van der Waals surface area (Å²) >= 11 is 6.00. The minimum atomic E-state index is 0.493. The second kappa shape index (κ2) is 5.90. The first-order valence-corrected chi connectivity index (χ1v) is 7.53. The van der Waals surface area contributed by atoms with Crippen LogP contribution in [-0.4, -0.2) is 17.1 Å². The maximum Gasteiger partial charge on any atom is 0.165 e. The molecule has 5 heteroatoms. The molecule has 0 aliphatic heterocycles. The largest absolute Gasteiger partial charge is 0.496 e. The van der Waals surface area contributed by atoms with Crippen LogP contribution >= 0.6 is 11.6 Å². The number of aromatic nitrogens is 2. The van der Waals surface area contributed by atoms with Crippen LogP contribution in [0.5, 0.6) is 5.75 Å². The van der Waals surface area contributed by atoms with Crippen LogP contribution in [0.2, 0.25) is 5.02 Å². The first-order chi connectivity index (χ1) is 10.2. The summed E-state index contributed by atoms with van der Waals surface area (Å²) < 4.78 is 5.38. The van der Waals surface area contributed by atoms with Crippen LogP contribution in [0.4, 0.5) is 5.82 Å². The summed E-state index contributed by atoms with van der Waals surface area (Å²) in [5, 5.41) is 0.621. The molecule has 3 rings (SSSR count). The number of nitrogens with two attached hydrogens (primary N) is 1. The maximum absolute atomic E-state index is 6.00. The van der Waals surface area contributed by atoms with Gasteiger partial charge in [-0.1, -0.05) is 24.4 Å². The zero-order valence-corrected chi connectivity index (χ0v) is 12.7. The Morgan fingerprint density at radius 3 is 2.67 bits per heavy atom. The predicted octanol–water partition coefficient (Wildman–Crippen LogP) is 4.05. The number of hydrogen-bond donors (Lipinski definition) is 1. The summed E-state index contributed by atoms with van der Waals surface area (Å²) in [6.07, 6.45) is 4.86. The molecule has 0 bridgehead atoms. The molecule has 4 nitrogen and oxygen atoms in total. The number of benzene rings is 1. The number of anilines is 1. The minimum absolute atomic E-state index is 0.493. The van der Waals surface area contributed by atoms with Gasteiger partial charge in [-0.05, 0) is 31.0 Å². The fourth-order valence-corrected chi connectivity index (χ4v) is 3.05. The van der Waals surface area contributed by atoms with Crippen molar-refractivity contribution in [3.8, 4) is 17.1 Å². The van der Waals surface area contributed by atoms with Gasteiger partial charge in [0.15, 0.2) is 5.82 Å². The summed E-state index contributed by atoms with van der Waals surface area (Å²) in [6, 6.07) is 7.33. The second-order valence-electron chi connectivity index (χ2n) is 5.37. The van der Waals surface area contributed by atoms with Gasteiger partial charge in [-0.2, -0.15) is 0 Å². The van der Waals surface area contributed by atoms with Crippen molar-refractivity contribution in [2.45, 2.75) is 31.6 Å². The van der Waals surface area contributed by atoms with Gasteiger partial charge in [-0.15, -0.1) is 0 Å². The third-order valence-electron chi connectivity index (χ3n) is 3.94. The number of halogens is 1. The molecule has 1 aliphatic carbocycles. The van der Waals surface area contributed by atoms with Gasteiger partial charge < -0.3 is 10.5 Å². The Balaban J connectivity index is 2.05. The van der Waals surface area contributed by atoms with Crippen molar-refractivity contribution in [3.63, 3.8) is 0 Å². The summed E-state index contributed by atoms with van der Waals surface area (Å²) in [5.41, 5.74) is 7.82. The Kier molecular flexibility index (Phi) is 3.97. The molecule has 0 spiro atoms. The lowest BCUT2D eigenvalue weighted by Crippen LogP contribution is -2.04. The van der Waals surface area contributed by atoms with E-state index in [0.29, 0.717) is 28.3 Å². The van der Waals surface area contributed by atoms with Crippen molar-refractivity contribution >= 4 is 17.4 Å². The molecule has 1 heterocycles. The number of nitrogen functional groups attached to an aromatic ring is 1. The van der Waals surface area contributed by atoms with Gasteiger partial charge in [0.05, 0.1) is 12.7 Å². The zero-order chi connectivity index (χ0) is 14.8. The molecule has 0 radical (unpaired) electrons. The van der Waals surface area contributed by atoms with Crippen LogP contribution in [0.15, 0.2) is 24.3 Å². The van der Waals surface area contributed by atoms with Crippen molar-refractivity contribution < 1.29 is 4.74 Å². The average molecular weight is 304 g/mol. The van der Waals surface area contributed by atoms with Gasteiger partial charge in [-0.25, -0.2) is 9.97 Å². The Labute approximate surface area is 129 Å². The normalized spacial score (nSPS) is 15.3. The molecule has 21 heavy (non-hydrogen) atoms. The fourth-order valence-electron chi connectivity index (χ4n) is 2.89. The monoisotopic (exact) mass is 303 g/mol. The number of nitrogens with zero attached hydrogens (tertiary/aromatic N) is 2. The van der Waals surface area contributed by atoms with E-state index < -0.39 is 0 Å². The highest BCUT2D eigenvalue weighted by molar-refractivity contribution is 6.30. The molecule has 1 aliphatic rings. The maximum atomic E-state index is 6.00. The van der Waals surface area contributed by atoms with Gasteiger partial charge in [-0.3, -0.25) is 0 Å². The smallest absolute Gasteiger partial charge is 0.165 e. The third-order valence-corrected chi connectivity index (χ3v) is 4.18. The highest BCUT2D eigenvalue weighted by Crippen LogP contribution is 2.36. The van der Waals surface area contributed by atoms with E-state index in [1.165, 1.54) is 25.7 Å². The molecule has 2 N–H and O–H groups in total. The predicted molar refractivity (Wildman–Crippen MR) is 84.7 cm³/mol. The molecule has 0 atom stereocenters. The molecule has 1 saturated carbocycles. The Hall–Kier alpha value is -1.81. The van der Waals surface area contributed by atoms with E-state index in [1.54, 1.807) is 19.2 Å². The van der Waals surface area contributed by atoms with Gasteiger partial charge in [0, 0.05) is 22.7 Å². The second-order valence-corrected chi connectivity index (χ2v) is 5.80. The number of ether oxygens (including phenoxy) is 1. The number of hydrogen-bond acceptors (Lipinski definition) is 4. The standard InChI is InChI=1S/C16H18ClN3O/c1-21-14-8-11(17)6-7-12(14)16-19-13(9-15(18)20-16)10-4-2-3-5-10/h6-10H,2-5H2,1H3,(H2,18,19,20). The van der Waals surface area contributed by atoms with Crippen LogP contribution in [0.3, 0.4) is 0 Å². The van der Waals surface area contributed by atoms with E-state index in [1.807, 2.05) is 12.1 Å². The Bertz CT molecular complexity index is 654. The first kappa shape index (κ1) is 14.1. The van der Waals surface area contributed by atoms with E-state index in [-0.39, 0.29) is 0 Å². The molecule has 1 fully saturated rings. The first-order valence-electron chi connectivity index (χ1n) is 7.16. The SMILES string of the molecule is COc1cc(Cl)ccc1-c1nc(N)cc(C2CCCC2)n1. The van der Waals surface area contributed by atoms with Crippen molar-refractivity contribution in [3.05, 3.63) is 35.0 Å². The lowest BCUT2D eigenvalue weighted by molar-refractivity contribution is 0.416. The molecule has 0 saturated heterocycles. The van der Waals surface area contributed by atoms with Gasteiger partial charge in [0.1, 0.15) is 11.6 Å². The molecular formula is C16H18ClN3O. The van der Waals surface area contributed by atoms with Gasteiger partial charge in [0.2, 0.25) is 0 Å². The molecule has 2 aromatic rings.